The molecule has 176 valence electrons. The van der Waals surface area contributed by atoms with Gasteiger partial charge in [-0.05, 0) is 75.9 Å². The second-order valence-corrected chi connectivity index (χ2v) is 8.47. The van der Waals surface area contributed by atoms with E-state index in [0.29, 0.717) is 50.1 Å². The third-order valence-electron chi connectivity index (χ3n) is 6.30. The minimum Gasteiger partial charge on any atom is -0.341 e. The van der Waals surface area contributed by atoms with Crippen molar-refractivity contribution in [2.45, 2.75) is 39.7 Å². The van der Waals surface area contributed by atoms with Crippen LogP contribution in [-0.4, -0.2) is 59.7 Å². The number of nitrogens with zero attached hydrogens (tertiary/aromatic N) is 2. The highest BCUT2D eigenvalue weighted by molar-refractivity contribution is 5.98. The van der Waals surface area contributed by atoms with E-state index in [1.54, 1.807) is 21.9 Å². The number of hydrogen-bond donors (Lipinski definition) is 1. The summed E-state index contributed by atoms with van der Waals surface area (Å²) in [6.45, 7) is 7.84. The van der Waals surface area contributed by atoms with E-state index in [-0.39, 0.29) is 29.5 Å². The molecule has 0 radical (unpaired) electrons. The molecule has 1 aliphatic heterocycles. The minimum absolute atomic E-state index is 0.0795. The number of hydrogen-bond acceptors (Lipinski definition) is 3. The molecule has 6 nitrogen and oxygen atoms in total. The number of carbonyl (C=O) groups excluding carboxylic acids is 3. The Hall–Kier alpha value is -3.22. The van der Waals surface area contributed by atoms with Crippen molar-refractivity contribution in [3.8, 4) is 0 Å². The van der Waals surface area contributed by atoms with Gasteiger partial charge in [0.05, 0.1) is 0 Å². The van der Waals surface area contributed by atoms with Crippen molar-refractivity contribution in [1.82, 2.24) is 15.1 Å². The molecular weight excluding hydrogens is 421 g/mol. The molecule has 3 rings (SSSR count). The predicted octanol–water partition coefficient (Wildman–Crippen LogP) is 3.65. The molecular formula is C26H32FN3O3. The second kappa shape index (κ2) is 11.1. The van der Waals surface area contributed by atoms with Crippen LogP contribution in [0, 0.1) is 18.7 Å². The van der Waals surface area contributed by atoms with Crippen molar-refractivity contribution in [3.05, 3.63) is 71.0 Å². The van der Waals surface area contributed by atoms with Crippen molar-refractivity contribution in [2.24, 2.45) is 5.92 Å². The van der Waals surface area contributed by atoms with Gasteiger partial charge in [-0.2, -0.15) is 0 Å². The Bertz CT molecular complexity index is 981. The molecule has 3 amide bonds. The molecule has 1 unspecified atom stereocenters. The van der Waals surface area contributed by atoms with Gasteiger partial charge in [0.2, 0.25) is 5.91 Å². The Labute approximate surface area is 194 Å². The summed E-state index contributed by atoms with van der Waals surface area (Å²) in [6.07, 6.45) is 1.19. The fraction of sp³-hybridized carbons (Fsp3) is 0.423. The third-order valence-corrected chi connectivity index (χ3v) is 6.30. The van der Waals surface area contributed by atoms with Crippen molar-refractivity contribution in [2.75, 3.05) is 26.2 Å². The fourth-order valence-corrected chi connectivity index (χ4v) is 4.33. The van der Waals surface area contributed by atoms with Crippen LogP contribution >= 0.6 is 0 Å². The number of halogens is 1. The van der Waals surface area contributed by atoms with Gasteiger partial charge in [-0.25, -0.2) is 4.39 Å². The molecule has 2 aromatic rings. The van der Waals surface area contributed by atoms with Crippen LogP contribution in [0.25, 0.3) is 0 Å². The molecule has 0 aliphatic carbocycles. The minimum atomic E-state index is -0.652. The number of nitrogens with one attached hydrogen (secondary N) is 1. The molecule has 1 heterocycles. The average Bonchev–Trinajstić information content (AvgIpc) is 2.83. The monoisotopic (exact) mass is 453 g/mol. The molecule has 0 aromatic heterocycles. The van der Waals surface area contributed by atoms with Crippen LogP contribution in [0.3, 0.4) is 0 Å². The zero-order valence-electron chi connectivity index (χ0n) is 19.5. The number of aryl methyl sites for hydroxylation is 1. The second-order valence-electron chi connectivity index (χ2n) is 8.47. The Morgan fingerprint density at radius 1 is 1.03 bits per heavy atom. The van der Waals surface area contributed by atoms with Crippen LogP contribution in [0.5, 0.6) is 0 Å². The Morgan fingerprint density at radius 3 is 2.24 bits per heavy atom. The van der Waals surface area contributed by atoms with Crippen LogP contribution in [0.4, 0.5) is 4.39 Å². The Morgan fingerprint density at radius 2 is 1.67 bits per heavy atom. The first-order valence-corrected chi connectivity index (χ1v) is 11.5. The summed E-state index contributed by atoms with van der Waals surface area (Å²) in [6, 6.07) is 12.2. The van der Waals surface area contributed by atoms with Gasteiger partial charge in [0.25, 0.3) is 11.8 Å². The van der Waals surface area contributed by atoms with Gasteiger partial charge >= 0.3 is 0 Å². The van der Waals surface area contributed by atoms with Crippen LogP contribution < -0.4 is 5.32 Å². The van der Waals surface area contributed by atoms with Gasteiger partial charge in [0.15, 0.2) is 0 Å². The molecule has 2 aromatic carbocycles. The lowest BCUT2D eigenvalue weighted by Gasteiger charge is -2.37. The van der Waals surface area contributed by atoms with E-state index in [1.165, 1.54) is 24.3 Å². The smallest absolute Gasteiger partial charge is 0.253 e. The Kier molecular flexibility index (Phi) is 8.20. The standard InChI is InChI=1S/C26H32FN3O3/c1-4-29(5-2)26(33)23(28-24(31)21-8-6-7-18(3)17-21)19-13-15-30(16-14-19)25(32)20-9-11-22(27)12-10-20/h6-12,17,19,23H,4-5,13-16H2,1-3H3,(H,28,31). The summed E-state index contributed by atoms with van der Waals surface area (Å²) >= 11 is 0. The molecule has 0 bridgehead atoms. The van der Waals surface area contributed by atoms with Gasteiger partial charge < -0.3 is 15.1 Å². The number of piperidine rings is 1. The highest BCUT2D eigenvalue weighted by Crippen LogP contribution is 2.24. The summed E-state index contributed by atoms with van der Waals surface area (Å²) in [7, 11) is 0. The first kappa shape index (κ1) is 24.4. The predicted molar refractivity (Wildman–Crippen MR) is 125 cm³/mol. The lowest BCUT2D eigenvalue weighted by atomic mass is 9.87. The first-order valence-electron chi connectivity index (χ1n) is 11.5. The zero-order valence-corrected chi connectivity index (χ0v) is 19.5. The van der Waals surface area contributed by atoms with E-state index in [4.69, 9.17) is 0 Å². The van der Waals surface area contributed by atoms with Gasteiger partial charge in [-0.1, -0.05) is 17.7 Å². The van der Waals surface area contributed by atoms with E-state index >= 15 is 0 Å². The van der Waals surface area contributed by atoms with Crippen LogP contribution in [-0.2, 0) is 4.79 Å². The molecule has 0 saturated carbocycles. The van der Waals surface area contributed by atoms with Crippen LogP contribution in [0.2, 0.25) is 0 Å². The molecule has 33 heavy (non-hydrogen) atoms. The van der Waals surface area contributed by atoms with Crippen LogP contribution in [0.15, 0.2) is 48.5 Å². The first-order chi connectivity index (χ1) is 15.8. The number of amides is 3. The van der Waals surface area contributed by atoms with Gasteiger partial charge in [-0.15, -0.1) is 0 Å². The number of rotatable bonds is 7. The molecule has 1 saturated heterocycles. The molecule has 1 atom stereocenters. The number of likely N-dealkylation sites (tertiary alicyclic amines) is 1. The van der Waals surface area contributed by atoms with Gasteiger partial charge in [-0.3, -0.25) is 14.4 Å². The highest BCUT2D eigenvalue weighted by atomic mass is 19.1. The lowest BCUT2D eigenvalue weighted by Crippen LogP contribution is -2.54. The normalized spacial score (nSPS) is 15.1. The highest BCUT2D eigenvalue weighted by Gasteiger charge is 2.35. The largest absolute Gasteiger partial charge is 0.341 e. The molecule has 1 N–H and O–H groups in total. The summed E-state index contributed by atoms with van der Waals surface area (Å²) in [5.41, 5.74) is 1.94. The van der Waals surface area contributed by atoms with Crippen molar-refractivity contribution in [3.63, 3.8) is 0 Å². The number of carbonyl (C=O) groups is 3. The van der Waals surface area contributed by atoms with Crippen molar-refractivity contribution >= 4 is 17.7 Å². The SMILES string of the molecule is CCN(CC)C(=O)C(NC(=O)c1cccc(C)c1)C1CCN(C(=O)c2ccc(F)cc2)CC1. The molecule has 1 fully saturated rings. The quantitative estimate of drug-likeness (QED) is 0.696. The lowest BCUT2D eigenvalue weighted by molar-refractivity contribution is -0.134. The maximum atomic E-state index is 13.3. The van der Waals surface area contributed by atoms with E-state index in [2.05, 4.69) is 5.32 Å². The van der Waals surface area contributed by atoms with E-state index in [1.807, 2.05) is 32.9 Å². The van der Waals surface area contributed by atoms with E-state index in [0.717, 1.165) is 5.56 Å². The van der Waals surface area contributed by atoms with Crippen LogP contribution in [0.1, 0.15) is 53.0 Å². The maximum Gasteiger partial charge on any atom is 0.253 e. The zero-order chi connectivity index (χ0) is 24.0. The topological polar surface area (TPSA) is 69.7 Å². The van der Waals surface area contributed by atoms with Gasteiger partial charge in [0, 0.05) is 37.3 Å². The summed E-state index contributed by atoms with van der Waals surface area (Å²) < 4.78 is 13.2. The molecule has 0 spiro atoms. The third kappa shape index (κ3) is 5.97. The molecule has 7 heteroatoms. The maximum absolute atomic E-state index is 13.3. The summed E-state index contributed by atoms with van der Waals surface area (Å²) in [5.74, 6) is -0.973. The average molecular weight is 454 g/mol. The number of benzene rings is 2. The van der Waals surface area contributed by atoms with Gasteiger partial charge in [0.1, 0.15) is 11.9 Å². The molecule has 1 aliphatic rings. The summed E-state index contributed by atoms with van der Waals surface area (Å²) in [4.78, 5) is 42.5. The summed E-state index contributed by atoms with van der Waals surface area (Å²) in [5, 5.41) is 2.99. The number of likely N-dealkylation sites (N-methyl/N-ethyl adjacent to an activating group) is 1. The Balaban J connectivity index is 1.73. The fourth-order valence-electron chi connectivity index (χ4n) is 4.33. The van der Waals surface area contributed by atoms with Crippen molar-refractivity contribution < 1.29 is 18.8 Å². The van der Waals surface area contributed by atoms with E-state index < -0.39 is 6.04 Å². The van der Waals surface area contributed by atoms with E-state index in [9.17, 15) is 18.8 Å². The van der Waals surface area contributed by atoms with Crippen molar-refractivity contribution in [1.29, 1.82) is 0 Å².